The first kappa shape index (κ1) is 14.9. The monoisotopic (exact) mass is 313 g/mol. The summed E-state index contributed by atoms with van der Waals surface area (Å²) in [4.78, 5) is 4.40. The molecule has 23 heavy (non-hydrogen) atoms. The van der Waals surface area contributed by atoms with Gasteiger partial charge in [0.2, 0.25) is 0 Å². The molecular formula is C17H13F2N3O. The zero-order valence-electron chi connectivity index (χ0n) is 12.0. The van der Waals surface area contributed by atoms with Crippen LogP contribution in [-0.2, 0) is 0 Å². The van der Waals surface area contributed by atoms with Crippen molar-refractivity contribution in [3.8, 4) is 5.75 Å². The molecule has 0 aliphatic carbocycles. The van der Waals surface area contributed by atoms with Gasteiger partial charge in [-0.05, 0) is 30.3 Å². The van der Waals surface area contributed by atoms with Crippen LogP contribution < -0.4 is 10.2 Å². The number of alkyl halides is 2. The molecule has 0 fully saturated rings. The predicted molar refractivity (Wildman–Crippen MR) is 86.0 cm³/mol. The maximum Gasteiger partial charge on any atom is 0.387 e. The molecule has 0 aliphatic heterocycles. The number of nitrogens with zero attached hydrogens (tertiary/aromatic N) is 2. The molecule has 0 saturated heterocycles. The summed E-state index contributed by atoms with van der Waals surface area (Å²) in [7, 11) is 0. The van der Waals surface area contributed by atoms with E-state index in [0.717, 1.165) is 10.9 Å². The number of aromatic nitrogens is 1. The third-order valence-electron chi connectivity index (χ3n) is 3.12. The summed E-state index contributed by atoms with van der Waals surface area (Å²) >= 11 is 0. The smallest absolute Gasteiger partial charge is 0.387 e. The van der Waals surface area contributed by atoms with Gasteiger partial charge in [0.15, 0.2) is 0 Å². The standard InChI is InChI=1S/C17H13F2N3O/c18-17(19)23-15-8-4-2-6-13(15)11-20-22-16-10-9-12-5-1-3-7-14(12)21-16/h1-11,17H,(H,21,22)/b20-11-. The zero-order valence-corrected chi connectivity index (χ0v) is 12.0. The Bertz CT molecular complexity index is 837. The molecule has 0 bridgehead atoms. The molecule has 2 aromatic carbocycles. The lowest BCUT2D eigenvalue weighted by molar-refractivity contribution is -0.0499. The molecule has 1 aromatic heterocycles. The third kappa shape index (κ3) is 3.79. The summed E-state index contributed by atoms with van der Waals surface area (Å²) < 4.78 is 29.1. The van der Waals surface area contributed by atoms with E-state index in [-0.39, 0.29) is 5.75 Å². The summed E-state index contributed by atoms with van der Waals surface area (Å²) in [5.74, 6) is 0.631. The van der Waals surface area contributed by atoms with Gasteiger partial charge in [-0.2, -0.15) is 13.9 Å². The number of ether oxygens (including phenoxy) is 1. The van der Waals surface area contributed by atoms with Crippen LogP contribution >= 0.6 is 0 Å². The first-order valence-electron chi connectivity index (χ1n) is 6.91. The summed E-state index contributed by atoms with van der Waals surface area (Å²) in [6.07, 6.45) is 1.41. The van der Waals surface area contributed by atoms with Crippen molar-refractivity contribution in [2.75, 3.05) is 5.43 Å². The van der Waals surface area contributed by atoms with E-state index in [1.807, 2.05) is 30.3 Å². The van der Waals surface area contributed by atoms with E-state index < -0.39 is 6.61 Å². The maximum absolute atomic E-state index is 12.3. The molecule has 0 saturated carbocycles. The Kier molecular flexibility index (Phi) is 4.42. The summed E-state index contributed by atoms with van der Waals surface area (Å²) in [6, 6.07) is 17.9. The molecule has 1 N–H and O–H groups in total. The molecule has 0 spiro atoms. The number of hydrazone groups is 1. The Morgan fingerprint density at radius 1 is 1.00 bits per heavy atom. The fraction of sp³-hybridized carbons (Fsp3) is 0.0588. The molecule has 116 valence electrons. The predicted octanol–water partition coefficient (Wildman–Crippen LogP) is 4.28. The van der Waals surface area contributed by atoms with Crippen molar-refractivity contribution in [2.45, 2.75) is 6.61 Å². The Hall–Kier alpha value is -3.02. The number of nitrogens with one attached hydrogen (secondary N) is 1. The molecule has 0 atom stereocenters. The van der Waals surface area contributed by atoms with Gasteiger partial charge in [-0.1, -0.05) is 30.3 Å². The van der Waals surface area contributed by atoms with Crippen LogP contribution in [0.25, 0.3) is 10.9 Å². The highest BCUT2D eigenvalue weighted by atomic mass is 19.3. The fourth-order valence-corrected chi connectivity index (χ4v) is 2.09. The van der Waals surface area contributed by atoms with Crippen LogP contribution in [0, 0.1) is 0 Å². The highest BCUT2D eigenvalue weighted by Gasteiger charge is 2.07. The number of fused-ring (bicyclic) bond motifs is 1. The second kappa shape index (κ2) is 6.83. The van der Waals surface area contributed by atoms with Gasteiger partial charge in [-0.3, -0.25) is 5.43 Å². The lowest BCUT2D eigenvalue weighted by Crippen LogP contribution is -2.04. The van der Waals surface area contributed by atoms with Gasteiger partial charge in [0.25, 0.3) is 0 Å². The number of rotatable bonds is 5. The van der Waals surface area contributed by atoms with Crippen LogP contribution in [0.3, 0.4) is 0 Å². The van der Waals surface area contributed by atoms with E-state index in [9.17, 15) is 8.78 Å². The highest BCUT2D eigenvalue weighted by Crippen LogP contribution is 2.19. The van der Waals surface area contributed by atoms with Crippen LogP contribution in [0.15, 0.2) is 65.8 Å². The van der Waals surface area contributed by atoms with Crippen LogP contribution in [0.1, 0.15) is 5.56 Å². The number of hydrogen-bond donors (Lipinski definition) is 1. The van der Waals surface area contributed by atoms with Gasteiger partial charge in [-0.25, -0.2) is 4.98 Å². The van der Waals surface area contributed by atoms with Gasteiger partial charge >= 0.3 is 6.61 Å². The first-order chi connectivity index (χ1) is 11.2. The number of halogens is 2. The Balaban J connectivity index is 1.75. The lowest BCUT2D eigenvalue weighted by Gasteiger charge is -2.07. The minimum atomic E-state index is -2.88. The number of anilines is 1. The van der Waals surface area contributed by atoms with Crippen molar-refractivity contribution in [1.82, 2.24) is 4.98 Å². The SMILES string of the molecule is FC(F)Oc1ccccc1/C=N\Nc1ccc2ccccc2n1. The largest absolute Gasteiger partial charge is 0.434 e. The van der Waals surface area contributed by atoms with Crippen LogP contribution in [0.2, 0.25) is 0 Å². The summed E-state index contributed by atoms with van der Waals surface area (Å²) in [6.45, 7) is -2.88. The zero-order chi connectivity index (χ0) is 16.1. The molecule has 3 rings (SSSR count). The number of benzene rings is 2. The van der Waals surface area contributed by atoms with Gasteiger partial charge < -0.3 is 4.74 Å². The van der Waals surface area contributed by atoms with Crippen LogP contribution in [0.4, 0.5) is 14.6 Å². The molecule has 1 heterocycles. The molecule has 0 aliphatic rings. The normalized spacial score (nSPS) is 11.3. The highest BCUT2D eigenvalue weighted by molar-refractivity contribution is 5.84. The van der Waals surface area contributed by atoms with Gasteiger partial charge in [0.05, 0.1) is 11.7 Å². The van der Waals surface area contributed by atoms with E-state index >= 15 is 0 Å². The third-order valence-corrected chi connectivity index (χ3v) is 3.12. The second-order valence-corrected chi connectivity index (χ2v) is 4.68. The minimum absolute atomic E-state index is 0.0690. The van der Waals surface area contributed by atoms with Crippen molar-refractivity contribution >= 4 is 22.9 Å². The van der Waals surface area contributed by atoms with Crippen molar-refractivity contribution in [1.29, 1.82) is 0 Å². The van der Waals surface area contributed by atoms with E-state index in [1.54, 1.807) is 24.3 Å². The lowest BCUT2D eigenvalue weighted by atomic mass is 10.2. The van der Waals surface area contributed by atoms with Crippen LogP contribution in [-0.4, -0.2) is 17.8 Å². The Labute approximate surface area is 131 Å². The quantitative estimate of drug-likeness (QED) is 0.565. The first-order valence-corrected chi connectivity index (χ1v) is 6.91. The maximum atomic E-state index is 12.3. The Morgan fingerprint density at radius 3 is 2.65 bits per heavy atom. The van der Waals surface area contributed by atoms with Gasteiger partial charge in [0, 0.05) is 10.9 Å². The van der Waals surface area contributed by atoms with E-state index in [2.05, 4.69) is 20.2 Å². The molecule has 0 unspecified atom stereocenters. The van der Waals surface area contributed by atoms with Gasteiger partial charge in [-0.15, -0.1) is 0 Å². The van der Waals surface area contributed by atoms with Crippen molar-refractivity contribution in [3.05, 3.63) is 66.2 Å². The van der Waals surface area contributed by atoms with E-state index in [1.165, 1.54) is 12.3 Å². The average molecular weight is 313 g/mol. The second-order valence-electron chi connectivity index (χ2n) is 4.68. The molecule has 4 nitrogen and oxygen atoms in total. The molecule has 6 heteroatoms. The summed E-state index contributed by atoms with van der Waals surface area (Å²) in [5, 5.41) is 5.05. The number of para-hydroxylation sites is 2. The molecule has 0 amide bonds. The van der Waals surface area contributed by atoms with Crippen molar-refractivity contribution < 1.29 is 13.5 Å². The number of pyridine rings is 1. The topological polar surface area (TPSA) is 46.5 Å². The Morgan fingerprint density at radius 2 is 1.78 bits per heavy atom. The van der Waals surface area contributed by atoms with E-state index in [4.69, 9.17) is 0 Å². The fourth-order valence-electron chi connectivity index (χ4n) is 2.09. The molecule has 3 aromatic rings. The average Bonchev–Trinajstić information content (AvgIpc) is 2.56. The van der Waals surface area contributed by atoms with Crippen LogP contribution in [0.5, 0.6) is 5.75 Å². The minimum Gasteiger partial charge on any atom is -0.434 e. The van der Waals surface area contributed by atoms with E-state index in [0.29, 0.717) is 11.4 Å². The van der Waals surface area contributed by atoms with Crippen molar-refractivity contribution in [2.24, 2.45) is 5.10 Å². The summed E-state index contributed by atoms with van der Waals surface area (Å²) in [5.41, 5.74) is 4.07. The molecular weight excluding hydrogens is 300 g/mol. The molecule has 0 radical (unpaired) electrons. The van der Waals surface area contributed by atoms with Crippen molar-refractivity contribution in [3.63, 3.8) is 0 Å². The number of hydrogen-bond acceptors (Lipinski definition) is 4. The van der Waals surface area contributed by atoms with Gasteiger partial charge in [0.1, 0.15) is 11.6 Å².